The van der Waals surface area contributed by atoms with Gasteiger partial charge in [-0.1, -0.05) is 12.8 Å². The Balaban J connectivity index is 1.29. The Morgan fingerprint density at radius 2 is 1.11 bits per heavy atom. The maximum Gasteiger partial charge on any atom is 0.231 e. The zero-order valence-corrected chi connectivity index (χ0v) is 15.5. The zero-order valence-electron chi connectivity index (χ0n) is 15.5. The molecule has 1 fully saturated rings. The highest BCUT2D eigenvalue weighted by Gasteiger charge is 2.23. The van der Waals surface area contributed by atoms with Gasteiger partial charge >= 0.3 is 0 Å². The number of fused-ring (bicyclic) bond motifs is 2. The molecule has 1 aliphatic carbocycles. The molecule has 0 spiro atoms. The van der Waals surface area contributed by atoms with E-state index in [-0.39, 0.29) is 25.7 Å². The molecule has 0 amide bonds. The van der Waals surface area contributed by atoms with Gasteiger partial charge in [0.05, 0.1) is 12.1 Å². The minimum atomic E-state index is 0.199. The van der Waals surface area contributed by atoms with Crippen LogP contribution in [0.2, 0.25) is 0 Å². The predicted molar refractivity (Wildman–Crippen MR) is 106 cm³/mol. The molecule has 0 bridgehead atoms. The van der Waals surface area contributed by atoms with Crippen LogP contribution in [0, 0.1) is 0 Å². The van der Waals surface area contributed by atoms with Gasteiger partial charge in [0.25, 0.3) is 0 Å². The zero-order chi connectivity index (χ0) is 18.8. The second kappa shape index (κ2) is 7.54. The van der Waals surface area contributed by atoms with Crippen LogP contribution in [0.15, 0.2) is 46.4 Å². The molecule has 2 aromatic carbocycles. The average molecular weight is 378 g/mol. The summed E-state index contributed by atoms with van der Waals surface area (Å²) in [4.78, 5) is 9.70. The van der Waals surface area contributed by atoms with Gasteiger partial charge in [0.15, 0.2) is 23.0 Å². The molecule has 0 unspecified atom stereocenters. The van der Waals surface area contributed by atoms with E-state index in [0.717, 1.165) is 47.0 Å². The van der Waals surface area contributed by atoms with Crippen LogP contribution in [0.4, 0.5) is 0 Å². The van der Waals surface area contributed by atoms with Crippen molar-refractivity contribution in [2.75, 3.05) is 13.6 Å². The lowest BCUT2D eigenvalue weighted by Crippen LogP contribution is -2.27. The minimum Gasteiger partial charge on any atom is -0.454 e. The Morgan fingerprint density at radius 1 is 0.643 bits per heavy atom. The molecule has 2 aliphatic heterocycles. The molecule has 1 saturated carbocycles. The summed E-state index contributed by atoms with van der Waals surface area (Å²) in [6.07, 6.45) is 8.37. The van der Waals surface area contributed by atoms with E-state index in [1.807, 2.05) is 48.8 Å². The van der Waals surface area contributed by atoms with E-state index in [4.69, 9.17) is 28.9 Å². The van der Waals surface area contributed by atoms with Gasteiger partial charge in [-0.3, -0.25) is 9.98 Å². The Morgan fingerprint density at radius 3 is 1.61 bits per heavy atom. The molecule has 0 aromatic heterocycles. The first kappa shape index (κ1) is 17.1. The molecule has 6 nitrogen and oxygen atoms in total. The predicted octanol–water partition coefficient (Wildman–Crippen LogP) is 3.99. The standard InChI is InChI=1S/C22H22N2O4/c1-2-4-18(24-12-16-6-8-20-22(10-16)28-14-26-20)17(3-1)23-11-15-5-7-19-21(9-15)27-13-25-19/h5-12,17-18H,1-4,13-14H2/t17-,18-/m1/s1. The molecule has 144 valence electrons. The number of aliphatic imine (C=N–C) groups is 2. The van der Waals surface area contributed by atoms with Crippen molar-refractivity contribution in [2.45, 2.75) is 37.8 Å². The normalized spacial score (nSPS) is 23.0. The highest BCUT2D eigenvalue weighted by molar-refractivity contribution is 5.82. The Hall–Kier alpha value is -3.02. The van der Waals surface area contributed by atoms with Crippen molar-refractivity contribution in [3.8, 4) is 23.0 Å². The Kier molecular flexibility index (Phi) is 4.61. The van der Waals surface area contributed by atoms with Gasteiger partial charge in [-0.05, 0) is 60.4 Å². The number of ether oxygens (including phenoxy) is 4. The van der Waals surface area contributed by atoms with E-state index >= 15 is 0 Å². The van der Waals surface area contributed by atoms with Crippen LogP contribution in [-0.2, 0) is 0 Å². The molecular weight excluding hydrogens is 356 g/mol. The second-order valence-electron chi connectivity index (χ2n) is 7.20. The van der Waals surface area contributed by atoms with Crippen LogP contribution < -0.4 is 18.9 Å². The number of hydrogen-bond donors (Lipinski definition) is 0. The lowest BCUT2D eigenvalue weighted by molar-refractivity contribution is 0.173. The van der Waals surface area contributed by atoms with Gasteiger partial charge in [0.2, 0.25) is 13.6 Å². The summed E-state index contributed by atoms with van der Waals surface area (Å²) in [7, 11) is 0. The smallest absolute Gasteiger partial charge is 0.231 e. The third-order valence-corrected chi connectivity index (χ3v) is 5.32. The van der Waals surface area contributed by atoms with Crippen LogP contribution in [0.1, 0.15) is 36.8 Å². The molecule has 5 rings (SSSR count). The van der Waals surface area contributed by atoms with E-state index in [1.165, 1.54) is 12.8 Å². The van der Waals surface area contributed by atoms with E-state index < -0.39 is 0 Å². The topological polar surface area (TPSA) is 61.6 Å². The lowest BCUT2D eigenvalue weighted by atomic mass is 9.91. The molecule has 28 heavy (non-hydrogen) atoms. The van der Waals surface area contributed by atoms with Gasteiger partial charge in [0, 0.05) is 12.4 Å². The quantitative estimate of drug-likeness (QED) is 0.755. The fourth-order valence-electron chi connectivity index (χ4n) is 3.79. The first-order valence-corrected chi connectivity index (χ1v) is 9.71. The maximum atomic E-state index is 5.44. The molecule has 2 atom stereocenters. The van der Waals surface area contributed by atoms with Crippen molar-refractivity contribution in [3.05, 3.63) is 47.5 Å². The molecule has 0 radical (unpaired) electrons. The van der Waals surface area contributed by atoms with Gasteiger partial charge in [-0.2, -0.15) is 0 Å². The summed E-state index contributed by atoms with van der Waals surface area (Å²) in [6.45, 7) is 0.574. The lowest BCUT2D eigenvalue weighted by Gasteiger charge is -2.25. The highest BCUT2D eigenvalue weighted by atomic mass is 16.7. The fourth-order valence-corrected chi connectivity index (χ4v) is 3.79. The first-order valence-electron chi connectivity index (χ1n) is 9.71. The van der Waals surface area contributed by atoms with Crippen molar-refractivity contribution in [2.24, 2.45) is 9.98 Å². The second-order valence-corrected chi connectivity index (χ2v) is 7.20. The van der Waals surface area contributed by atoms with Gasteiger partial charge < -0.3 is 18.9 Å². The summed E-state index contributed by atoms with van der Waals surface area (Å²) >= 11 is 0. The fraction of sp³-hybridized carbons (Fsp3) is 0.364. The third-order valence-electron chi connectivity index (χ3n) is 5.32. The molecule has 2 aromatic rings. The van der Waals surface area contributed by atoms with Crippen molar-refractivity contribution in [1.29, 1.82) is 0 Å². The molecule has 6 heteroatoms. The van der Waals surface area contributed by atoms with Crippen molar-refractivity contribution in [1.82, 2.24) is 0 Å². The van der Waals surface area contributed by atoms with E-state index in [2.05, 4.69) is 0 Å². The Bertz CT molecular complexity index is 849. The summed E-state index contributed by atoms with van der Waals surface area (Å²) in [5.74, 6) is 3.15. The maximum absolute atomic E-state index is 5.44. The van der Waals surface area contributed by atoms with Crippen molar-refractivity contribution >= 4 is 12.4 Å². The first-order chi connectivity index (χ1) is 13.8. The van der Waals surface area contributed by atoms with Gasteiger partial charge in [-0.25, -0.2) is 0 Å². The number of benzene rings is 2. The van der Waals surface area contributed by atoms with E-state index in [1.54, 1.807) is 0 Å². The highest BCUT2D eigenvalue weighted by Crippen LogP contribution is 2.33. The summed E-state index contributed by atoms with van der Waals surface area (Å²) in [6, 6.07) is 12.2. The molecular formula is C22H22N2O4. The third kappa shape index (κ3) is 3.54. The van der Waals surface area contributed by atoms with Crippen LogP contribution in [0.25, 0.3) is 0 Å². The number of hydrogen-bond acceptors (Lipinski definition) is 6. The summed E-state index contributed by atoms with van der Waals surface area (Å²) in [5.41, 5.74) is 2.04. The van der Waals surface area contributed by atoms with Crippen LogP contribution in [0.5, 0.6) is 23.0 Å². The van der Waals surface area contributed by atoms with E-state index in [9.17, 15) is 0 Å². The van der Waals surface area contributed by atoms with Gasteiger partial charge in [-0.15, -0.1) is 0 Å². The van der Waals surface area contributed by atoms with Crippen molar-refractivity contribution in [3.63, 3.8) is 0 Å². The minimum absolute atomic E-state index is 0.199. The average Bonchev–Trinajstić information content (AvgIpc) is 3.39. The van der Waals surface area contributed by atoms with Crippen LogP contribution in [-0.4, -0.2) is 38.1 Å². The van der Waals surface area contributed by atoms with Gasteiger partial charge in [0.1, 0.15) is 0 Å². The molecule has 2 heterocycles. The largest absolute Gasteiger partial charge is 0.454 e. The number of rotatable bonds is 4. The summed E-state index contributed by atoms with van der Waals surface area (Å²) < 4.78 is 21.6. The molecule has 3 aliphatic rings. The Labute approximate surface area is 163 Å². The summed E-state index contributed by atoms with van der Waals surface area (Å²) in [5, 5.41) is 0. The van der Waals surface area contributed by atoms with Crippen LogP contribution in [0.3, 0.4) is 0 Å². The molecule has 0 N–H and O–H groups in total. The monoisotopic (exact) mass is 378 g/mol. The molecule has 0 saturated heterocycles. The van der Waals surface area contributed by atoms with E-state index in [0.29, 0.717) is 0 Å². The van der Waals surface area contributed by atoms with Crippen molar-refractivity contribution < 1.29 is 18.9 Å². The van der Waals surface area contributed by atoms with Crippen LogP contribution >= 0.6 is 0 Å². The SMILES string of the molecule is C(=N[C@@H]1CCCC[C@H]1N=Cc1ccc2c(c1)OCO2)c1ccc2c(c1)OCO2. The number of nitrogens with zero attached hydrogens (tertiary/aromatic N) is 2.